The molecule has 29 heavy (non-hydrogen) atoms. The molecule has 0 aliphatic carbocycles. The Bertz CT molecular complexity index is 930. The summed E-state index contributed by atoms with van der Waals surface area (Å²) < 4.78 is 1.75. The standard InChI is InChI=1S/C22H27N3O4/c1-14-21(16(3)26)15(2)25(23-14)12-10-20(27)24-11-4-5-19(13-24)17-6-8-18(9-7-17)22(28)29/h6-9,19H,4-5,10-13H2,1-3H3,(H,28,29)/t19-/m0/s1. The van der Waals surface area contributed by atoms with E-state index in [-0.39, 0.29) is 23.2 Å². The van der Waals surface area contributed by atoms with Crippen molar-refractivity contribution in [1.29, 1.82) is 0 Å². The second-order valence-corrected chi connectivity index (χ2v) is 7.68. The van der Waals surface area contributed by atoms with Crippen molar-refractivity contribution in [3.63, 3.8) is 0 Å². The van der Waals surface area contributed by atoms with Gasteiger partial charge in [-0.05, 0) is 51.3 Å². The first-order chi connectivity index (χ1) is 13.8. The van der Waals surface area contributed by atoms with Crippen molar-refractivity contribution in [2.24, 2.45) is 0 Å². The van der Waals surface area contributed by atoms with Gasteiger partial charge in [0.15, 0.2) is 5.78 Å². The molecule has 1 aliphatic rings. The number of carboxylic acids is 1. The summed E-state index contributed by atoms with van der Waals surface area (Å²) in [4.78, 5) is 37.4. The van der Waals surface area contributed by atoms with Crippen molar-refractivity contribution >= 4 is 17.7 Å². The number of aromatic carboxylic acids is 1. The van der Waals surface area contributed by atoms with Crippen molar-refractivity contribution in [3.05, 3.63) is 52.3 Å². The van der Waals surface area contributed by atoms with Crippen molar-refractivity contribution in [3.8, 4) is 0 Å². The molecule has 0 bridgehead atoms. The first-order valence-electron chi connectivity index (χ1n) is 9.94. The van der Waals surface area contributed by atoms with Gasteiger partial charge < -0.3 is 10.0 Å². The molecule has 1 fully saturated rings. The predicted octanol–water partition coefficient (Wildman–Crippen LogP) is 3.20. The summed E-state index contributed by atoms with van der Waals surface area (Å²) in [6.07, 6.45) is 2.24. The van der Waals surface area contributed by atoms with Crippen molar-refractivity contribution < 1.29 is 19.5 Å². The van der Waals surface area contributed by atoms with Gasteiger partial charge in [0.1, 0.15) is 0 Å². The summed E-state index contributed by atoms with van der Waals surface area (Å²) in [5.74, 6) is -0.651. The lowest BCUT2D eigenvalue weighted by Gasteiger charge is -2.33. The molecular formula is C22H27N3O4. The summed E-state index contributed by atoms with van der Waals surface area (Å²) in [6.45, 7) is 7.03. The SMILES string of the molecule is CC(=O)c1c(C)nn(CCC(=O)N2CCC[C@H](c3ccc(C(=O)O)cc3)C2)c1C. The van der Waals surface area contributed by atoms with Crippen molar-refractivity contribution in [2.45, 2.75) is 52.5 Å². The molecule has 0 saturated carbocycles. The molecule has 1 atom stereocenters. The highest BCUT2D eigenvalue weighted by Gasteiger charge is 2.25. The smallest absolute Gasteiger partial charge is 0.335 e. The number of nitrogens with zero attached hydrogens (tertiary/aromatic N) is 3. The van der Waals surface area contributed by atoms with E-state index in [0.29, 0.717) is 30.8 Å². The minimum Gasteiger partial charge on any atom is -0.478 e. The van der Waals surface area contributed by atoms with Gasteiger partial charge in [0, 0.05) is 37.7 Å². The van der Waals surface area contributed by atoms with Crippen molar-refractivity contribution in [2.75, 3.05) is 13.1 Å². The number of ketones is 1. The van der Waals surface area contributed by atoms with E-state index < -0.39 is 5.97 Å². The number of carbonyl (C=O) groups is 3. The summed E-state index contributed by atoms with van der Waals surface area (Å²) in [5.41, 5.74) is 3.48. The Morgan fingerprint density at radius 3 is 2.45 bits per heavy atom. The lowest BCUT2D eigenvalue weighted by molar-refractivity contribution is -0.132. The van der Waals surface area contributed by atoms with E-state index in [1.165, 1.54) is 6.92 Å². The molecule has 2 aromatic rings. The van der Waals surface area contributed by atoms with Crippen LogP contribution >= 0.6 is 0 Å². The Hall–Kier alpha value is -2.96. The highest BCUT2D eigenvalue weighted by Crippen LogP contribution is 2.27. The number of aromatic nitrogens is 2. The maximum atomic E-state index is 12.8. The fourth-order valence-corrected chi connectivity index (χ4v) is 4.16. The number of aryl methyl sites for hydroxylation is 2. The fraction of sp³-hybridized carbons (Fsp3) is 0.455. The average molecular weight is 397 g/mol. The van der Waals surface area contributed by atoms with E-state index >= 15 is 0 Å². The molecule has 0 radical (unpaired) electrons. The molecule has 0 spiro atoms. The lowest BCUT2D eigenvalue weighted by Crippen LogP contribution is -2.39. The summed E-state index contributed by atoms with van der Waals surface area (Å²) in [5, 5.41) is 13.5. The number of Topliss-reactive ketones (excluding diaryl/α,β-unsaturated/α-hetero) is 1. The number of rotatable bonds is 6. The van der Waals surface area contributed by atoms with Crippen molar-refractivity contribution in [1.82, 2.24) is 14.7 Å². The third-order valence-corrected chi connectivity index (χ3v) is 5.67. The van der Waals surface area contributed by atoms with Crippen LogP contribution < -0.4 is 0 Å². The number of likely N-dealkylation sites (tertiary alicyclic amines) is 1. The van der Waals surface area contributed by atoms with E-state index in [1.54, 1.807) is 16.8 Å². The van der Waals surface area contributed by atoms with Crippen LogP contribution in [0.15, 0.2) is 24.3 Å². The minimum absolute atomic E-state index is 0.00892. The first-order valence-corrected chi connectivity index (χ1v) is 9.94. The molecule has 7 heteroatoms. The molecule has 1 saturated heterocycles. The number of amides is 1. The summed E-state index contributed by atoms with van der Waals surface area (Å²) in [7, 11) is 0. The Kier molecular flexibility index (Phi) is 6.15. The first kappa shape index (κ1) is 20.8. The molecule has 1 N–H and O–H groups in total. The van der Waals surface area contributed by atoms with Gasteiger partial charge in [0.05, 0.1) is 16.8 Å². The van der Waals surface area contributed by atoms with Crippen LogP contribution in [0.4, 0.5) is 0 Å². The quantitative estimate of drug-likeness (QED) is 0.756. The monoisotopic (exact) mass is 397 g/mol. The number of benzene rings is 1. The summed E-state index contributed by atoms with van der Waals surface area (Å²) >= 11 is 0. The van der Waals surface area contributed by atoms with Crippen LogP contribution in [-0.4, -0.2) is 50.5 Å². The normalized spacial score (nSPS) is 16.7. The van der Waals surface area contributed by atoms with Gasteiger partial charge in [0.25, 0.3) is 0 Å². The van der Waals surface area contributed by atoms with Gasteiger partial charge in [-0.1, -0.05) is 12.1 Å². The largest absolute Gasteiger partial charge is 0.478 e. The molecule has 1 aromatic heterocycles. The zero-order valence-corrected chi connectivity index (χ0v) is 17.1. The zero-order valence-electron chi connectivity index (χ0n) is 17.1. The van der Waals surface area contributed by atoms with Crippen LogP contribution in [0.1, 0.15) is 69.8 Å². The zero-order chi connectivity index (χ0) is 21.1. The van der Waals surface area contributed by atoms with E-state index in [9.17, 15) is 14.4 Å². The van der Waals surface area contributed by atoms with Gasteiger partial charge in [-0.25, -0.2) is 4.79 Å². The van der Waals surface area contributed by atoms with Gasteiger partial charge >= 0.3 is 5.97 Å². The highest BCUT2D eigenvalue weighted by molar-refractivity contribution is 5.96. The van der Waals surface area contributed by atoms with E-state index in [1.807, 2.05) is 30.9 Å². The van der Waals surface area contributed by atoms with Gasteiger partial charge in [-0.3, -0.25) is 14.3 Å². The van der Waals surface area contributed by atoms with E-state index in [2.05, 4.69) is 5.10 Å². The third-order valence-electron chi connectivity index (χ3n) is 5.67. The van der Waals surface area contributed by atoms with Gasteiger partial charge in [-0.2, -0.15) is 5.10 Å². The fourth-order valence-electron chi connectivity index (χ4n) is 4.16. The molecule has 0 unspecified atom stereocenters. The molecular weight excluding hydrogens is 370 g/mol. The molecule has 2 heterocycles. The highest BCUT2D eigenvalue weighted by atomic mass is 16.4. The number of hydrogen-bond donors (Lipinski definition) is 1. The third kappa shape index (κ3) is 4.55. The second-order valence-electron chi connectivity index (χ2n) is 7.68. The number of carbonyl (C=O) groups excluding carboxylic acids is 2. The maximum Gasteiger partial charge on any atom is 0.335 e. The van der Waals surface area contributed by atoms with E-state index in [4.69, 9.17) is 5.11 Å². The lowest BCUT2D eigenvalue weighted by atomic mass is 9.90. The molecule has 1 aliphatic heterocycles. The van der Waals surface area contributed by atoms with Crippen LogP contribution in [0.25, 0.3) is 0 Å². The topological polar surface area (TPSA) is 92.5 Å². The number of piperidine rings is 1. The molecule has 1 amide bonds. The molecule has 154 valence electrons. The second kappa shape index (κ2) is 8.59. The van der Waals surface area contributed by atoms with Crippen LogP contribution in [0.2, 0.25) is 0 Å². The van der Waals surface area contributed by atoms with Gasteiger partial charge in [-0.15, -0.1) is 0 Å². The average Bonchev–Trinajstić information content (AvgIpc) is 2.99. The molecule has 3 rings (SSSR count). The van der Waals surface area contributed by atoms with Crippen LogP contribution in [0.3, 0.4) is 0 Å². The molecule has 1 aromatic carbocycles. The Balaban J connectivity index is 1.62. The Morgan fingerprint density at radius 1 is 1.17 bits per heavy atom. The van der Waals surface area contributed by atoms with Gasteiger partial charge in [0.2, 0.25) is 5.91 Å². The van der Waals surface area contributed by atoms with Crippen LogP contribution in [-0.2, 0) is 11.3 Å². The predicted molar refractivity (Wildman–Crippen MR) is 108 cm³/mol. The number of hydrogen-bond acceptors (Lipinski definition) is 4. The van der Waals surface area contributed by atoms with E-state index in [0.717, 1.165) is 30.6 Å². The van der Waals surface area contributed by atoms with Crippen LogP contribution in [0.5, 0.6) is 0 Å². The molecule has 7 nitrogen and oxygen atoms in total. The Morgan fingerprint density at radius 2 is 1.86 bits per heavy atom. The van der Waals surface area contributed by atoms with Crippen LogP contribution in [0, 0.1) is 13.8 Å². The summed E-state index contributed by atoms with van der Waals surface area (Å²) in [6, 6.07) is 6.93. The minimum atomic E-state index is -0.936. The Labute approximate surface area is 170 Å². The number of carboxylic acid groups (broad SMARTS) is 1. The maximum absolute atomic E-state index is 12.8.